The molecule has 0 aliphatic heterocycles. The zero-order chi connectivity index (χ0) is 15.0. The molecule has 2 heteroatoms. The Morgan fingerprint density at radius 1 is 1.15 bits per heavy atom. The van der Waals surface area contributed by atoms with Crippen molar-refractivity contribution in [1.29, 1.82) is 0 Å². The summed E-state index contributed by atoms with van der Waals surface area (Å²) in [5.41, 5.74) is 3.01. The first-order valence-corrected chi connectivity index (χ1v) is 7.79. The smallest absolute Gasteiger partial charge is 0.0716 e. The number of hydrogen-bond donors (Lipinski definition) is 1. The molecule has 1 rings (SSSR count). The predicted octanol–water partition coefficient (Wildman–Crippen LogP) is 4.35. The van der Waals surface area contributed by atoms with Gasteiger partial charge in [-0.1, -0.05) is 58.9 Å². The Balaban J connectivity index is 2.35. The molecular weight excluding hydrogens is 246 g/mol. The van der Waals surface area contributed by atoms with Crippen LogP contribution in [0.4, 0.5) is 0 Å². The van der Waals surface area contributed by atoms with Gasteiger partial charge in [0.25, 0.3) is 0 Å². The molecule has 1 aromatic carbocycles. The molecule has 0 aliphatic rings. The van der Waals surface area contributed by atoms with Gasteiger partial charge in [0, 0.05) is 13.2 Å². The first-order valence-electron chi connectivity index (χ1n) is 7.79. The largest absolute Gasteiger partial charge is 0.377 e. The fourth-order valence-corrected chi connectivity index (χ4v) is 1.99. The SMILES string of the molecule is CCNCC(C)c1ccc(COCCC(C)(C)C)cc1. The van der Waals surface area contributed by atoms with Crippen molar-refractivity contribution in [2.75, 3.05) is 19.7 Å². The molecule has 0 fully saturated rings. The molecular formula is C18H31NO. The number of likely N-dealkylation sites (N-methyl/N-ethyl adjacent to an activating group) is 1. The van der Waals surface area contributed by atoms with E-state index in [2.05, 4.69) is 64.2 Å². The van der Waals surface area contributed by atoms with Crippen LogP contribution < -0.4 is 5.32 Å². The first kappa shape index (κ1) is 17.2. The van der Waals surface area contributed by atoms with Crippen LogP contribution in [-0.2, 0) is 11.3 Å². The van der Waals surface area contributed by atoms with Gasteiger partial charge in [-0.25, -0.2) is 0 Å². The van der Waals surface area contributed by atoms with Crippen LogP contribution in [0.3, 0.4) is 0 Å². The van der Waals surface area contributed by atoms with Crippen molar-refractivity contribution in [3.05, 3.63) is 35.4 Å². The Morgan fingerprint density at radius 2 is 1.80 bits per heavy atom. The van der Waals surface area contributed by atoms with E-state index in [1.165, 1.54) is 11.1 Å². The van der Waals surface area contributed by atoms with Gasteiger partial charge in [-0.2, -0.15) is 0 Å². The highest BCUT2D eigenvalue weighted by atomic mass is 16.5. The number of rotatable bonds is 8. The van der Waals surface area contributed by atoms with Gasteiger partial charge in [0.1, 0.15) is 0 Å². The fourth-order valence-electron chi connectivity index (χ4n) is 1.99. The average Bonchev–Trinajstić information content (AvgIpc) is 2.40. The van der Waals surface area contributed by atoms with Crippen molar-refractivity contribution in [1.82, 2.24) is 5.32 Å². The van der Waals surface area contributed by atoms with E-state index >= 15 is 0 Å². The second-order valence-electron chi connectivity index (χ2n) is 6.81. The summed E-state index contributed by atoms with van der Waals surface area (Å²) in [4.78, 5) is 0. The van der Waals surface area contributed by atoms with E-state index < -0.39 is 0 Å². The molecule has 2 nitrogen and oxygen atoms in total. The fraction of sp³-hybridized carbons (Fsp3) is 0.667. The van der Waals surface area contributed by atoms with Gasteiger partial charge in [0.2, 0.25) is 0 Å². The molecule has 0 amide bonds. The molecule has 0 spiro atoms. The Hall–Kier alpha value is -0.860. The summed E-state index contributed by atoms with van der Waals surface area (Å²) in [5, 5.41) is 3.39. The van der Waals surface area contributed by atoms with Crippen molar-refractivity contribution in [2.24, 2.45) is 5.41 Å². The summed E-state index contributed by atoms with van der Waals surface area (Å²) in [5.74, 6) is 0.561. The summed E-state index contributed by atoms with van der Waals surface area (Å²) in [7, 11) is 0. The lowest BCUT2D eigenvalue weighted by Gasteiger charge is -2.17. The topological polar surface area (TPSA) is 21.3 Å². The van der Waals surface area contributed by atoms with Crippen LogP contribution in [0.2, 0.25) is 0 Å². The second-order valence-corrected chi connectivity index (χ2v) is 6.81. The quantitative estimate of drug-likeness (QED) is 0.713. The number of ether oxygens (including phenoxy) is 1. The van der Waals surface area contributed by atoms with Crippen LogP contribution in [0.5, 0.6) is 0 Å². The second kappa shape index (κ2) is 8.43. The van der Waals surface area contributed by atoms with E-state index in [0.29, 0.717) is 11.3 Å². The molecule has 0 saturated carbocycles. The highest BCUT2D eigenvalue weighted by Crippen LogP contribution is 2.19. The van der Waals surface area contributed by atoms with Crippen LogP contribution in [0.1, 0.15) is 58.1 Å². The minimum Gasteiger partial charge on any atom is -0.377 e. The van der Waals surface area contributed by atoms with E-state index in [1.807, 2.05) is 0 Å². The Bertz CT molecular complexity index is 364. The third kappa shape index (κ3) is 7.06. The summed E-state index contributed by atoms with van der Waals surface area (Å²) in [6, 6.07) is 8.83. The highest BCUT2D eigenvalue weighted by Gasteiger charge is 2.09. The monoisotopic (exact) mass is 277 g/mol. The van der Waals surface area contributed by atoms with Gasteiger partial charge in [-0.3, -0.25) is 0 Å². The molecule has 114 valence electrons. The van der Waals surface area contributed by atoms with Gasteiger partial charge < -0.3 is 10.1 Å². The lowest BCUT2D eigenvalue weighted by molar-refractivity contribution is 0.0962. The zero-order valence-corrected chi connectivity index (χ0v) is 13.8. The Kier molecular flexibility index (Phi) is 7.25. The van der Waals surface area contributed by atoms with Crippen LogP contribution in [-0.4, -0.2) is 19.7 Å². The molecule has 1 unspecified atom stereocenters. The van der Waals surface area contributed by atoms with Crippen LogP contribution in [0.15, 0.2) is 24.3 Å². The summed E-state index contributed by atoms with van der Waals surface area (Å²) < 4.78 is 5.75. The molecule has 0 radical (unpaired) electrons. The highest BCUT2D eigenvalue weighted by molar-refractivity contribution is 5.24. The summed E-state index contributed by atoms with van der Waals surface area (Å²) in [6.45, 7) is 14.8. The van der Waals surface area contributed by atoms with Gasteiger partial charge in [0.05, 0.1) is 6.61 Å². The minimum absolute atomic E-state index is 0.353. The number of nitrogens with one attached hydrogen (secondary N) is 1. The molecule has 20 heavy (non-hydrogen) atoms. The van der Waals surface area contributed by atoms with E-state index in [4.69, 9.17) is 4.74 Å². The molecule has 0 aliphatic carbocycles. The van der Waals surface area contributed by atoms with Crippen molar-refractivity contribution in [2.45, 2.75) is 53.6 Å². The lowest BCUT2D eigenvalue weighted by atomic mass is 9.93. The van der Waals surface area contributed by atoms with E-state index in [1.54, 1.807) is 0 Å². The number of benzene rings is 1. The van der Waals surface area contributed by atoms with Crippen molar-refractivity contribution >= 4 is 0 Å². The van der Waals surface area contributed by atoms with Crippen LogP contribution in [0, 0.1) is 5.41 Å². The summed E-state index contributed by atoms with van der Waals surface area (Å²) in [6.07, 6.45) is 1.10. The summed E-state index contributed by atoms with van der Waals surface area (Å²) >= 11 is 0. The minimum atomic E-state index is 0.353. The average molecular weight is 277 g/mol. The van der Waals surface area contributed by atoms with Crippen LogP contribution >= 0.6 is 0 Å². The third-order valence-electron chi connectivity index (χ3n) is 3.51. The molecule has 0 heterocycles. The Labute approximate surface area is 124 Å². The Morgan fingerprint density at radius 3 is 2.35 bits per heavy atom. The standard InChI is InChI=1S/C18H31NO/c1-6-19-13-15(2)17-9-7-16(8-10-17)14-20-12-11-18(3,4)5/h7-10,15,19H,6,11-14H2,1-5H3. The van der Waals surface area contributed by atoms with Gasteiger partial charge >= 0.3 is 0 Å². The lowest BCUT2D eigenvalue weighted by Crippen LogP contribution is -2.19. The van der Waals surface area contributed by atoms with E-state index in [-0.39, 0.29) is 0 Å². The van der Waals surface area contributed by atoms with E-state index in [0.717, 1.165) is 32.7 Å². The molecule has 1 atom stereocenters. The van der Waals surface area contributed by atoms with Gasteiger partial charge in [-0.05, 0) is 35.4 Å². The third-order valence-corrected chi connectivity index (χ3v) is 3.51. The zero-order valence-electron chi connectivity index (χ0n) is 13.8. The predicted molar refractivity (Wildman–Crippen MR) is 87.1 cm³/mol. The maximum absolute atomic E-state index is 5.75. The van der Waals surface area contributed by atoms with Crippen molar-refractivity contribution in [3.8, 4) is 0 Å². The maximum Gasteiger partial charge on any atom is 0.0716 e. The van der Waals surface area contributed by atoms with Crippen molar-refractivity contribution < 1.29 is 4.74 Å². The normalized spacial score (nSPS) is 13.4. The molecule has 0 saturated heterocycles. The molecule has 0 aromatic heterocycles. The van der Waals surface area contributed by atoms with Crippen LogP contribution in [0.25, 0.3) is 0 Å². The van der Waals surface area contributed by atoms with Crippen molar-refractivity contribution in [3.63, 3.8) is 0 Å². The van der Waals surface area contributed by atoms with E-state index in [9.17, 15) is 0 Å². The molecule has 0 bridgehead atoms. The van der Waals surface area contributed by atoms with Gasteiger partial charge in [0.15, 0.2) is 0 Å². The molecule has 1 aromatic rings. The number of hydrogen-bond acceptors (Lipinski definition) is 2. The maximum atomic E-state index is 5.75. The first-order chi connectivity index (χ1) is 9.42. The molecule has 1 N–H and O–H groups in total. The van der Waals surface area contributed by atoms with Gasteiger partial charge in [-0.15, -0.1) is 0 Å².